The molecule has 3 N–H and O–H groups in total. The summed E-state index contributed by atoms with van der Waals surface area (Å²) in [6, 6.07) is 8.32. The summed E-state index contributed by atoms with van der Waals surface area (Å²) in [5.41, 5.74) is 8.17. The zero-order valence-corrected chi connectivity index (χ0v) is 12.7. The number of benzene rings is 2. The highest BCUT2D eigenvalue weighted by molar-refractivity contribution is 9.10. The molecule has 5 heteroatoms. The number of hydrogen-bond acceptors (Lipinski definition) is 3. The SMILES string of the molecule is Cc1cc(Oc2c(N)cccc2C(=O)O)cc(C)c1Br. The van der Waals surface area contributed by atoms with Crippen molar-refractivity contribution in [3.8, 4) is 11.5 Å². The molecule has 0 heterocycles. The molecule has 0 saturated heterocycles. The molecule has 0 aliphatic rings. The lowest BCUT2D eigenvalue weighted by molar-refractivity contribution is 0.0694. The third-order valence-electron chi connectivity index (χ3n) is 2.91. The number of nitrogens with two attached hydrogens (primary N) is 1. The summed E-state index contributed by atoms with van der Waals surface area (Å²) in [6.45, 7) is 3.88. The van der Waals surface area contributed by atoms with Gasteiger partial charge in [0.1, 0.15) is 11.3 Å². The van der Waals surface area contributed by atoms with E-state index in [2.05, 4.69) is 15.9 Å². The van der Waals surface area contributed by atoms with Gasteiger partial charge in [0, 0.05) is 4.47 Å². The summed E-state index contributed by atoms with van der Waals surface area (Å²) in [7, 11) is 0. The average Bonchev–Trinajstić information content (AvgIpc) is 2.38. The Hall–Kier alpha value is -2.01. The van der Waals surface area contributed by atoms with Gasteiger partial charge < -0.3 is 15.6 Å². The van der Waals surface area contributed by atoms with Crippen LogP contribution in [0.25, 0.3) is 0 Å². The van der Waals surface area contributed by atoms with Crippen molar-refractivity contribution in [2.24, 2.45) is 0 Å². The first-order valence-corrected chi connectivity index (χ1v) is 6.76. The first-order valence-electron chi connectivity index (χ1n) is 5.96. The number of aryl methyl sites for hydroxylation is 2. The number of halogens is 1. The summed E-state index contributed by atoms with van der Waals surface area (Å²) in [5, 5.41) is 9.18. The molecule has 0 bridgehead atoms. The van der Waals surface area contributed by atoms with Crippen LogP contribution in [-0.4, -0.2) is 11.1 Å². The Morgan fingerprint density at radius 3 is 2.40 bits per heavy atom. The fourth-order valence-corrected chi connectivity index (χ4v) is 2.15. The average molecular weight is 336 g/mol. The highest BCUT2D eigenvalue weighted by Gasteiger charge is 2.15. The van der Waals surface area contributed by atoms with Crippen LogP contribution in [0.3, 0.4) is 0 Å². The van der Waals surface area contributed by atoms with E-state index >= 15 is 0 Å². The number of nitrogen functional groups attached to an aromatic ring is 1. The van der Waals surface area contributed by atoms with E-state index in [4.69, 9.17) is 10.5 Å². The lowest BCUT2D eigenvalue weighted by Crippen LogP contribution is -2.03. The molecule has 0 amide bonds. The maximum absolute atomic E-state index is 11.2. The molecular weight excluding hydrogens is 322 g/mol. The van der Waals surface area contributed by atoms with Crippen molar-refractivity contribution in [1.82, 2.24) is 0 Å². The largest absolute Gasteiger partial charge is 0.478 e. The van der Waals surface area contributed by atoms with E-state index in [-0.39, 0.29) is 11.3 Å². The summed E-state index contributed by atoms with van der Waals surface area (Å²) < 4.78 is 6.70. The van der Waals surface area contributed by atoms with Crippen LogP contribution in [0.5, 0.6) is 11.5 Å². The van der Waals surface area contributed by atoms with Crippen molar-refractivity contribution in [2.45, 2.75) is 13.8 Å². The second-order valence-electron chi connectivity index (χ2n) is 4.50. The molecule has 4 nitrogen and oxygen atoms in total. The number of carboxylic acid groups (broad SMARTS) is 1. The van der Waals surface area contributed by atoms with E-state index in [1.807, 2.05) is 26.0 Å². The number of anilines is 1. The molecule has 0 aliphatic heterocycles. The van der Waals surface area contributed by atoms with E-state index in [1.165, 1.54) is 6.07 Å². The molecule has 104 valence electrons. The summed E-state index contributed by atoms with van der Waals surface area (Å²) in [5.74, 6) is -0.345. The number of ether oxygens (including phenoxy) is 1. The van der Waals surface area contributed by atoms with Gasteiger partial charge in [-0.1, -0.05) is 22.0 Å². The van der Waals surface area contributed by atoms with Gasteiger partial charge in [-0.15, -0.1) is 0 Å². The minimum Gasteiger partial charge on any atom is -0.478 e. The third-order valence-corrected chi connectivity index (χ3v) is 4.16. The Kier molecular flexibility index (Phi) is 3.99. The van der Waals surface area contributed by atoms with E-state index in [0.29, 0.717) is 11.4 Å². The fraction of sp³-hybridized carbons (Fsp3) is 0.133. The van der Waals surface area contributed by atoms with Crippen LogP contribution < -0.4 is 10.5 Å². The smallest absolute Gasteiger partial charge is 0.339 e. The highest BCUT2D eigenvalue weighted by atomic mass is 79.9. The van der Waals surface area contributed by atoms with Gasteiger partial charge in [-0.05, 0) is 49.2 Å². The second-order valence-corrected chi connectivity index (χ2v) is 5.30. The van der Waals surface area contributed by atoms with Crippen LogP contribution in [-0.2, 0) is 0 Å². The molecule has 20 heavy (non-hydrogen) atoms. The molecule has 0 spiro atoms. The van der Waals surface area contributed by atoms with Crippen LogP contribution in [0.1, 0.15) is 21.5 Å². The van der Waals surface area contributed by atoms with Gasteiger partial charge in [0.2, 0.25) is 0 Å². The predicted octanol–water partition coefficient (Wildman–Crippen LogP) is 4.14. The normalized spacial score (nSPS) is 10.3. The van der Waals surface area contributed by atoms with Crippen molar-refractivity contribution in [2.75, 3.05) is 5.73 Å². The molecular formula is C15H14BrNO3. The zero-order chi connectivity index (χ0) is 14.9. The van der Waals surface area contributed by atoms with E-state index < -0.39 is 5.97 Å². The van der Waals surface area contributed by atoms with E-state index in [9.17, 15) is 9.90 Å². The van der Waals surface area contributed by atoms with Gasteiger partial charge in [-0.3, -0.25) is 0 Å². The molecule has 2 rings (SSSR count). The molecule has 0 aliphatic carbocycles. The minimum atomic E-state index is -1.07. The van der Waals surface area contributed by atoms with Gasteiger partial charge in [0.05, 0.1) is 5.69 Å². The number of rotatable bonds is 3. The van der Waals surface area contributed by atoms with Gasteiger partial charge in [0.15, 0.2) is 5.75 Å². The number of carbonyl (C=O) groups is 1. The molecule has 0 unspecified atom stereocenters. The number of aromatic carboxylic acids is 1. The van der Waals surface area contributed by atoms with Crippen molar-refractivity contribution in [1.29, 1.82) is 0 Å². The van der Waals surface area contributed by atoms with Crippen LogP contribution >= 0.6 is 15.9 Å². The van der Waals surface area contributed by atoms with Crippen molar-refractivity contribution >= 4 is 27.6 Å². The minimum absolute atomic E-state index is 0.0447. The molecule has 0 aromatic heterocycles. The van der Waals surface area contributed by atoms with Crippen LogP contribution in [0.15, 0.2) is 34.8 Å². The van der Waals surface area contributed by atoms with Crippen LogP contribution in [0.4, 0.5) is 5.69 Å². The zero-order valence-electron chi connectivity index (χ0n) is 11.1. The lowest BCUT2D eigenvalue weighted by Gasteiger charge is -2.13. The Bertz CT molecular complexity index is 660. The first-order chi connectivity index (χ1) is 9.40. The van der Waals surface area contributed by atoms with Gasteiger partial charge in [-0.2, -0.15) is 0 Å². The summed E-state index contributed by atoms with van der Waals surface area (Å²) in [6.07, 6.45) is 0. The standard InChI is InChI=1S/C15H14BrNO3/c1-8-6-10(7-9(2)13(8)16)20-14-11(15(18)19)4-3-5-12(14)17/h3-7H,17H2,1-2H3,(H,18,19). The Morgan fingerprint density at radius 2 is 1.85 bits per heavy atom. The third kappa shape index (κ3) is 2.77. The molecule has 2 aromatic rings. The molecule has 0 atom stereocenters. The molecule has 0 saturated carbocycles. The van der Waals surface area contributed by atoms with Crippen LogP contribution in [0, 0.1) is 13.8 Å². The molecule has 0 radical (unpaired) electrons. The highest BCUT2D eigenvalue weighted by Crippen LogP contribution is 2.34. The molecule has 0 fully saturated rings. The first kappa shape index (κ1) is 14.4. The van der Waals surface area contributed by atoms with Crippen molar-refractivity contribution in [3.05, 3.63) is 51.5 Å². The second kappa shape index (κ2) is 5.54. The summed E-state index contributed by atoms with van der Waals surface area (Å²) in [4.78, 5) is 11.2. The van der Waals surface area contributed by atoms with Crippen molar-refractivity contribution < 1.29 is 14.6 Å². The van der Waals surface area contributed by atoms with Gasteiger partial charge >= 0.3 is 5.97 Å². The Balaban J connectivity index is 2.47. The van der Waals surface area contributed by atoms with E-state index in [1.54, 1.807) is 12.1 Å². The number of hydrogen-bond donors (Lipinski definition) is 2. The summed E-state index contributed by atoms with van der Waals surface area (Å²) >= 11 is 3.48. The van der Waals surface area contributed by atoms with E-state index in [0.717, 1.165) is 15.6 Å². The monoisotopic (exact) mass is 335 g/mol. The Morgan fingerprint density at radius 1 is 1.25 bits per heavy atom. The van der Waals surface area contributed by atoms with Crippen LogP contribution in [0.2, 0.25) is 0 Å². The van der Waals surface area contributed by atoms with Gasteiger partial charge in [-0.25, -0.2) is 4.79 Å². The Labute approximate surface area is 125 Å². The number of carboxylic acids is 1. The van der Waals surface area contributed by atoms with Gasteiger partial charge in [0.25, 0.3) is 0 Å². The predicted molar refractivity (Wildman–Crippen MR) is 81.5 cm³/mol. The fourth-order valence-electron chi connectivity index (χ4n) is 1.92. The topological polar surface area (TPSA) is 72.5 Å². The van der Waals surface area contributed by atoms with Crippen molar-refractivity contribution in [3.63, 3.8) is 0 Å². The molecule has 2 aromatic carbocycles. The number of para-hydroxylation sites is 1. The quantitative estimate of drug-likeness (QED) is 0.827. The maximum atomic E-state index is 11.2. The lowest BCUT2D eigenvalue weighted by atomic mass is 10.1. The maximum Gasteiger partial charge on any atom is 0.339 e.